The zero-order chi connectivity index (χ0) is 23.9. The molecule has 2 N–H and O–H groups in total. The number of hydrogen-bond donors (Lipinski definition) is 2. The Bertz CT molecular complexity index is 1320. The number of aromatic nitrogens is 6. The number of halogens is 3. The van der Waals surface area contributed by atoms with Crippen molar-refractivity contribution in [2.24, 2.45) is 0 Å². The second-order valence-electron chi connectivity index (χ2n) is 8.34. The van der Waals surface area contributed by atoms with E-state index >= 15 is 0 Å². The van der Waals surface area contributed by atoms with Gasteiger partial charge < -0.3 is 15.3 Å². The van der Waals surface area contributed by atoms with Gasteiger partial charge in [-0.05, 0) is 24.6 Å². The van der Waals surface area contributed by atoms with Crippen molar-refractivity contribution in [3.8, 4) is 17.1 Å². The summed E-state index contributed by atoms with van der Waals surface area (Å²) in [6.45, 7) is 3.27. The zero-order valence-electron chi connectivity index (χ0n) is 18.4. The first kappa shape index (κ1) is 22.3. The van der Waals surface area contributed by atoms with Gasteiger partial charge in [-0.1, -0.05) is 6.07 Å². The molecule has 5 rings (SSSR count). The molecule has 9 nitrogen and oxygen atoms in total. The van der Waals surface area contributed by atoms with E-state index in [0.29, 0.717) is 42.2 Å². The first-order valence-corrected chi connectivity index (χ1v) is 10.8. The highest BCUT2D eigenvalue weighted by Crippen LogP contribution is 2.26. The van der Waals surface area contributed by atoms with Crippen LogP contribution in [0.25, 0.3) is 28.0 Å². The molecule has 1 aliphatic heterocycles. The first-order valence-electron chi connectivity index (χ1n) is 10.8. The molecule has 0 unspecified atom stereocenters. The van der Waals surface area contributed by atoms with Gasteiger partial charge in [-0.2, -0.15) is 23.4 Å². The van der Waals surface area contributed by atoms with Crippen molar-refractivity contribution in [1.29, 1.82) is 0 Å². The molecule has 0 aliphatic carbocycles. The number of hydrogen-bond acceptors (Lipinski definition) is 7. The first-order chi connectivity index (χ1) is 16.3. The lowest BCUT2D eigenvalue weighted by Gasteiger charge is -2.25. The second kappa shape index (κ2) is 8.69. The van der Waals surface area contributed by atoms with Crippen LogP contribution >= 0.6 is 0 Å². The van der Waals surface area contributed by atoms with Gasteiger partial charge >= 0.3 is 6.18 Å². The van der Waals surface area contributed by atoms with E-state index in [2.05, 4.69) is 25.4 Å². The molecule has 178 valence electrons. The quantitative estimate of drug-likeness (QED) is 0.471. The van der Waals surface area contributed by atoms with Crippen molar-refractivity contribution in [3.05, 3.63) is 48.5 Å². The second-order valence-corrected chi connectivity index (χ2v) is 8.34. The molecule has 0 aromatic carbocycles. The summed E-state index contributed by atoms with van der Waals surface area (Å²) < 4.78 is 40.6. The third-order valence-corrected chi connectivity index (χ3v) is 5.66. The van der Waals surface area contributed by atoms with E-state index in [4.69, 9.17) is 4.98 Å². The number of fused-ring (bicyclic) bond motifs is 1. The van der Waals surface area contributed by atoms with Gasteiger partial charge in [0.1, 0.15) is 12.4 Å². The normalized spacial score (nSPS) is 17.3. The summed E-state index contributed by atoms with van der Waals surface area (Å²) in [5, 5.41) is 22.4. The van der Waals surface area contributed by atoms with Crippen molar-refractivity contribution in [1.82, 2.24) is 34.8 Å². The molecule has 0 amide bonds. The number of alkyl halides is 3. The molecule has 34 heavy (non-hydrogen) atoms. The maximum Gasteiger partial charge on any atom is 0.408 e. The number of aliphatic hydroxyl groups excluding tert-OH is 1. The molecule has 4 aromatic rings. The molecule has 1 saturated heterocycles. The number of pyridine rings is 2. The largest absolute Gasteiger partial charge is 0.408 e. The molecule has 1 fully saturated rings. The minimum absolute atomic E-state index is 0.472. The van der Waals surface area contributed by atoms with Gasteiger partial charge in [-0.3, -0.25) is 9.67 Å². The van der Waals surface area contributed by atoms with Crippen LogP contribution in [0.4, 0.5) is 19.0 Å². The molecule has 12 heteroatoms. The highest BCUT2D eigenvalue weighted by molar-refractivity contribution is 5.83. The fourth-order valence-corrected chi connectivity index (χ4v) is 4.06. The van der Waals surface area contributed by atoms with Crippen molar-refractivity contribution in [2.45, 2.75) is 25.7 Å². The number of nitrogens with one attached hydrogen (secondary N) is 1. The Kier molecular flexibility index (Phi) is 5.70. The Morgan fingerprint density at radius 1 is 1.18 bits per heavy atom. The van der Waals surface area contributed by atoms with Gasteiger partial charge in [0.05, 0.1) is 29.7 Å². The van der Waals surface area contributed by atoms with Crippen LogP contribution in [-0.2, 0) is 6.54 Å². The Labute approximate surface area is 192 Å². The zero-order valence-corrected chi connectivity index (χ0v) is 18.4. The van der Waals surface area contributed by atoms with Crippen molar-refractivity contribution < 1.29 is 18.3 Å². The SMILES string of the molecule is Cc1ccc(-n2ncc3cnc(-c4cnn(CC(F)(F)F)c4)cc32)nc1N1CCNC[C@H](O)C1. The van der Waals surface area contributed by atoms with E-state index in [0.717, 1.165) is 28.0 Å². The van der Waals surface area contributed by atoms with Gasteiger partial charge in [0.25, 0.3) is 0 Å². The van der Waals surface area contributed by atoms with E-state index in [1.54, 1.807) is 23.1 Å². The van der Waals surface area contributed by atoms with Crippen LogP contribution in [0.5, 0.6) is 0 Å². The molecule has 5 heterocycles. The van der Waals surface area contributed by atoms with Gasteiger partial charge in [0, 0.05) is 49.5 Å². The monoisotopic (exact) mass is 472 g/mol. The van der Waals surface area contributed by atoms with Crippen molar-refractivity contribution >= 4 is 16.7 Å². The van der Waals surface area contributed by atoms with Gasteiger partial charge in [-0.15, -0.1) is 0 Å². The number of aliphatic hydroxyl groups is 1. The Morgan fingerprint density at radius 3 is 2.85 bits per heavy atom. The molecule has 0 saturated carbocycles. The molecule has 1 aliphatic rings. The summed E-state index contributed by atoms with van der Waals surface area (Å²) in [5.41, 5.74) is 2.65. The van der Waals surface area contributed by atoms with Crippen LogP contribution in [0.15, 0.2) is 43.0 Å². The summed E-state index contributed by atoms with van der Waals surface area (Å²) >= 11 is 0. The lowest BCUT2D eigenvalue weighted by Crippen LogP contribution is -2.34. The maximum atomic E-state index is 12.7. The van der Waals surface area contributed by atoms with Crippen LogP contribution < -0.4 is 10.2 Å². The van der Waals surface area contributed by atoms with Crippen LogP contribution in [0, 0.1) is 6.92 Å². The Balaban J connectivity index is 1.50. The minimum atomic E-state index is -4.35. The average Bonchev–Trinajstić information content (AvgIpc) is 3.35. The topological polar surface area (TPSA) is 96.9 Å². The molecule has 0 spiro atoms. The smallest absolute Gasteiger partial charge is 0.390 e. The van der Waals surface area contributed by atoms with E-state index in [-0.39, 0.29) is 0 Å². The van der Waals surface area contributed by atoms with E-state index in [1.165, 1.54) is 12.4 Å². The predicted molar refractivity (Wildman–Crippen MR) is 120 cm³/mol. The number of nitrogens with zero attached hydrogens (tertiary/aromatic N) is 7. The van der Waals surface area contributed by atoms with Crippen molar-refractivity contribution in [3.63, 3.8) is 0 Å². The number of anilines is 1. The maximum absolute atomic E-state index is 12.7. The molecular formula is C22H23F3N8O. The van der Waals surface area contributed by atoms with Gasteiger partial charge in [0.2, 0.25) is 0 Å². The standard InChI is InChI=1S/C22H23F3N8O/c1-14-2-3-20(30-21(14)31-5-4-26-10-17(34)12-31)33-19-6-18(27-7-15(19)8-29-33)16-9-28-32(11-16)13-22(23,24)25/h2-3,6-9,11,17,26,34H,4-5,10,12-13H2,1H3/t17-/m0/s1. The summed E-state index contributed by atoms with van der Waals surface area (Å²) in [6.07, 6.45) is 1.13. The average molecular weight is 472 g/mol. The lowest BCUT2D eigenvalue weighted by molar-refractivity contribution is -0.142. The number of rotatable bonds is 4. The van der Waals surface area contributed by atoms with Crippen LogP contribution in [-0.4, -0.2) is 73.1 Å². The predicted octanol–water partition coefficient (Wildman–Crippen LogP) is 2.32. The van der Waals surface area contributed by atoms with E-state index < -0.39 is 18.8 Å². The van der Waals surface area contributed by atoms with Gasteiger partial charge in [-0.25, -0.2) is 9.67 Å². The minimum Gasteiger partial charge on any atom is -0.390 e. The van der Waals surface area contributed by atoms with Crippen LogP contribution in [0.3, 0.4) is 0 Å². The summed E-state index contributed by atoms with van der Waals surface area (Å²) in [4.78, 5) is 11.3. The van der Waals surface area contributed by atoms with E-state index in [1.807, 2.05) is 19.1 Å². The molecule has 0 radical (unpaired) electrons. The fraction of sp³-hybridized carbons (Fsp3) is 0.364. The summed E-state index contributed by atoms with van der Waals surface area (Å²) in [6, 6.07) is 5.58. The Morgan fingerprint density at radius 2 is 2.03 bits per heavy atom. The molecular weight excluding hydrogens is 449 g/mol. The summed E-state index contributed by atoms with van der Waals surface area (Å²) in [5.74, 6) is 1.36. The van der Waals surface area contributed by atoms with E-state index in [9.17, 15) is 18.3 Å². The molecule has 0 bridgehead atoms. The third kappa shape index (κ3) is 4.59. The summed E-state index contributed by atoms with van der Waals surface area (Å²) in [7, 11) is 0. The molecule has 1 atom stereocenters. The van der Waals surface area contributed by atoms with Crippen molar-refractivity contribution in [2.75, 3.05) is 31.1 Å². The van der Waals surface area contributed by atoms with Crippen LogP contribution in [0.1, 0.15) is 5.56 Å². The number of β-amino-alcohol motifs (C(OH)–C–C–N with tert-alkyl or cyclic N) is 1. The lowest BCUT2D eigenvalue weighted by atomic mass is 10.2. The highest BCUT2D eigenvalue weighted by Gasteiger charge is 2.28. The fourth-order valence-electron chi connectivity index (χ4n) is 4.06. The third-order valence-electron chi connectivity index (χ3n) is 5.66. The number of aryl methyl sites for hydroxylation is 1. The Hall–Kier alpha value is -3.51. The van der Waals surface area contributed by atoms with Gasteiger partial charge in [0.15, 0.2) is 5.82 Å². The highest BCUT2D eigenvalue weighted by atomic mass is 19.4. The van der Waals surface area contributed by atoms with Crippen LogP contribution in [0.2, 0.25) is 0 Å². The molecule has 4 aromatic heterocycles.